The highest BCUT2D eigenvalue weighted by Crippen LogP contribution is 2.21. The number of aromatic nitrogens is 1. The second kappa shape index (κ2) is 5.35. The van der Waals surface area contributed by atoms with Crippen LogP contribution in [0.25, 0.3) is 0 Å². The van der Waals surface area contributed by atoms with Crippen molar-refractivity contribution in [3.8, 4) is 0 Å². The lowest BCUT2D eigenvalue weighted by atomic mass is 10.0. The van der Waals surface area contributed by atoms with Gasteiger partial charge in [-0.2, -0.15) is 0 Å². The van der Waals surface area contributed by atoms with E-state index < -0.39 is 5.91 Å². The highest BCUT2D eigenvalue weighted by atomic mass is 16.1. The Morgan fingerprint density at radius 3 is 2.72 bits per heavy atom. The summed E-state index contributed by atoms with van der Waals surface area (Å²) >= 11 is 0. The summed E-state index contributed by atoms with van der Waals surface area (Å²) in [6.45, 7) is 5.76. The van der Waals surface area contributed by atoms with Gasteiger partial charge in [0.2, 0.25) is 0 Å². The van der Waals surface area contributed by atoms with Crippen molar-refractivity contribution in [2.24, 2.45) is 5.73 Å². The van der Waals surface area contributed by atoms with E-state index in [0.717, 1.165) is 37.3 Å². The topological polar surface area (TPSA) is 80.0 Å². The third kappa shape index (κ3) is 2.79. The number of carbonyl (C=O) groups is 1. The number of piperidine rings is 1. The molecule has 1 amide bonds. The van der Waals surface area contributed by atoms with E-state index in [4.69, 9.17) is 5.73 Å². The average molecular weight is 248 g/mol. The van der Waals surface area contributed by atoms with Crippen LogP contribution in [0.1, 0.15) is 34.6 Å². The van der Waals surface area contributed by atoms with Crippen molar-refractivity contribution >= 4 is 11.6 Å². The van der Waals surface area contributed by atoms with Crippen molar-refractivity contribution in [2.45, 2.75) is 32.7 Å². The molecule has 0 unspecified atom stereocenters. The molecule has 5 nitrogen and oxygen atoms in total. The fraction of sp³-hybridized carbons (Fsp3) is 0.538. The zero-order valence-corrected chi connectivity index (χ0v) is 10.9. The SMILES string of the molecule is Cc1cc(NC2CCNCC2)c(C(N)=O)c(C)n1. The molecule has 2 rings (SSSR count). The van der Waals surface area contributed by atoms with Gasteiger partial charge in [-0.05, 0) is 45.8 Å². The molecule has 98 valence electrons. The predicted octanol–water partition coefficient (Wildman–Crippen LogP) is 0.961. The van der Waals surface area contributed by atoms with Crippen LogP contribution in [-0.4, -0.2) is 30.0 Å². The fourth-order valence-corrected chi connectivity index (χ4v) is 2.44. The van der Waals surface area contributed by atoms with Gasteiger partial charge in [0.25, 0.3) is 5.91 Å². The summed E-state index contributed by atoms with van der Waals surface area (Å²) in [5.41, 5.74) is 8.36. The van der Waals surface area contributed by atoms with E-state index in [1.165, 1.54) is 0 Å². The molecule has 2 heterocycles. The molecule has 1 aliphatic rings. The van der Waals surface area contributed by atoms with Crippen molar-refractivity contribution in [1.82, 2.24) is 10.3 Å². The molecule has 1 fully saturated rings. The molecule has 5 heteroatoms. The number of nitrogens with zero attached hydrogens (tertiary/aromatic N) is 1. The zero-order chi connectivity index (χ0) is 13.1. The minimum absolute atomic E-state index is 0.394. The van der Waals surface area contributed by atoms with Gasteiger partial charge in [0.05, 0.1) is 16.9 Å². The van der Waals surface area contributed by atoms with Gasteiger partial charge in [-0.25, -0.2) is 0 Å². The minimum Gasteiger partial charge on any atom is -0.381 e. The van der Waals surface area contributed by atoms with Crippen LogP contribution in [0.3, 0.4) is 0 Å². The average Bonchev–Trinajstić information content (AvgIpc) is 2.28. The van der Waals surface area contributed by atoms with E-state index in [1.807, 2.05) is 19.9 Å². The van der Waals surface area contributed by atoms with Crippen molar-refractivity contribution < 1.29 is 4.79 Å². The van der Waals surface area contributed by atoms with Crippen LogP contribution >= 0.6 is 0 Å². The van der Waals surface area contributed by atoms with E-state index in [-0.39, 0.29) is 0 Å². The normalized spacial score (nSPS) is 16.6. The van der Waals surface area contributed by atoms with Crippen molar-refractivity contribution in [1.29, 1.82) is 0 Å². The smallest absolute Gasteiger partial charge is 0.252 e. The van der Waals surface area contributed by atoms with Gasteiger partial charge in [0.1, 0.15) is 0 Å². The molecule has 0 saturated carbocycles. The lowest BCUT2D eigenvalue weighted by Crippen LogP contribution is -2.36. The van der Waals surface area contributed by atoms with E-state index >= 15 is 0 Å². The van der Waals surface area contributed by atoms with Crippen molar-refractivity contribution in [3.63, 3.8) is 0 Å². The number of hydrogen-bond donors (Lipinski definition) is 3. The summed E-state index contributed by atoms with van der Waals surface area (Å²) in [4.78, 5) is 15.8. The predicted molar refractivity (Wildman–Crippen MR) is 71.7 cm³/mol. The van der Waals surface area contributed by atoms with Gasteiger partial charge in [0.15, 0.2) is 0 Å². The standard InChI is InChI=1S/C13H20N4O/c1-8-7-11(12(13(14)18)9(2)16-8)17-10-3-5-15-6-4-10/h7,10,15H,3-6H2,1-2H3,(H2,14,18)(H,16,17). The Hall–Kier alpha value is -1.62. The molecule has 1 aliphatic heterocycles. The number of carbonyl (C=O) groups excluding carboxylic acids is 1. The lowest BCUT2D eigenvalue weighted by Gasteiger charge is -2.26. The lowest BCUT2D eigenvalue weighted by molar-refractivity contribution is 0.1000. The molecular weight excluding hydrogens is 228 g/mol. The van der Waals surface area contributed by atoms with Crippen LogP contribution in [0.2, 0.25) is 0 Å². The molecule has 1 aromatic rings. The molecule has 4 N–H and O–H groups in total. The van der Waals surface area contributed by atoms with Gasteiger partial charge < -0.3 is 16.4 Å². The molecule has 1 aromatic heterocycles. The molecule has 0 radical (unpaired) electrons. The number of nitrogens with two attached hydrogens (primary N) is 1. The first-order valence-electron chi connectivity index (χ1n) is 6.33. The fourth-order valence-electron chi connectivity index (χ4n) is 2.44. The van der Waals surface area contributed by atoms with Crippen molar-refractivity contribution in [3.05, 3.63) is 23.0 Å². The summed E-state index contributed by atoms with van der Waals surface area (Å²) < 4.78 is 0. The molecule has 0 atom stereocenters. The number of amides is 1. The van der Waals surface area contributed by atoms with Crippen molar-refractivity contribution in [2.75, 3.05) is 18.4 Å². The summed E-state index contributed by atoms with van der Waals surface area (Å²) in [6, 6.07) is 2.29. The first-order valence-corrected chi connectivity index (χ1v) is 6.33. The number of anilines is 1. The molecule has 18 heavy (non-hydrogen) atoms. The number of pyridine rings is 1. The Morgan fingerprint density at radius 1 is 1.44 bits per heavy atom. The monoisotopic (exact) mass is 248 g/mol. The first-order chi connectivity index (χ1) is 8.58. The number of rotatable bonds is 3. The second-order valence-corrected chi connectivity index (χ2v) is 4.80. The van der Waals surface area contributed by atoms with Gasteiger partial charge in [0, 0.05) is 11.7 Å². The molecule has 0 bridgehead atoms. The van der Waals surface area contributed by atoms with Gasteiger partial charge in [-0.15, -0.1) is 0 Å². The maximum Gasteiger partial charge on any atom is 0.252 e. The number of aryl methyl sites for hydroxylation is 2. The Bertz CT molecular complexity index is 453. The van der Waals surface area contributed by atoms with Gasteiger partial charge in [-0.1, -0.05) is 0 Å². The number of hydrogen-bond acceptors (Lipinski definition) is 4. The molecule has 0 aromatic carbocycles. The van der Waals surface area contributed by atoms with E-state index in [1.54, 1.807) is 0 Å². The second-order valence-electron chi connectivity index (χ2n) is 4.80. The van der Waals surface area contributed by atoms with Gasteiger partial charge in [-0.3, -0.25) is 9.78 Å². The van der Waals surface area contributed by atoms with Crippen LogP contribution < -0.4 is 16.4 Å². The van der Waals surface area contributed by atoms with Gasteiger partial charge >= 0.3 is 0 Å². The largest absolute Gasteiger partial charge is 0.381 e. The Labute approximate surface area is 107 Å². The minimum atomic E-state index is -0.420. The maximum atomic E-state index is 11.5. The van der Waals surface area contributed by atoms with Crippen LogP contribution in [0.4, 0.5) is 5.69 Å². The highest BCUT2D eigenvalue weighted by Gasteiger charge is 2.18. The third-order valence-corrected chi connectivity index (χ3v) is 3.27. The molecular formula is C13H20N4O. The summed E-state index contributed by atoms with van der Waals surface area (Å²) in [5, 5.41) is 6.75. The highest BCUT2D eigenvalue weighted by molar-refractivity contribution is 5.99. The van der Waals surface area contributed by atoms with E-state index in [0.29, 0.717) is 17.3 Å². The summed E-state index contributed by atoms with van der Waals surface area (Å²) in [5.74, 6) is -0.420. The number of primary amides is 1. The summed E-state index contributed by atoms with van der Waals surface area (Å²) in [7, 11) is 0. The number of nitrogens with one attached hydrogen (secondary N) is 2. The first kappa shape index (κ1) is 12.8. The Kier molecular flexibility index (Phi) is 3.81. The molecule has 1 saturated heterocycles. The van der Waals surface area contributed by atoms with Crippen LogP contribution in [0.15, 0.2) is 6.07 Å². The van der Waals surface area contributed by atoms with Crippen LogP contribution in [0, 0.1) is 13.8 Å². The maximum absolute atomic E-state index is 11.5. The third-order valence-electron chi connectivity index (χ3n) is 3.27. The molecule has 0 spiro atoms. The van der Waals surface area contributed by atoms with E-state index in [9.17, 15) is 4.79 Å². The quantitative estimate of drug-likeness (QED) is 0.744. The zero-order valence-electron chi connectivity index (χ0n) is 10.9. The summed E-state index contributed by atoms with van der Waals surface area (Å²) in [6.07, 6.45) is 2.11. The van der Waals surface area contributed by atoms with E-state index in [2.05, 4.69) is 15.6 Å². The van der Waals surface area contributed by atoms with Crippen LogP contribution in [0.5, 0.6) is 0 Å². The molecule has 0 aliphatic carbocycles. The Morgan fingerprint density at radius 2 is 2.11 bits per heavy atom. The Balaban J connectivity index is 2.27. The van der Waals surface area contributed by atoms with Crippen LogP contribution in [-0.2, 0) is 0 Å².